The van der Waals surface area contributed by atoms with Crippen LogP contribution in [0.3, 0.4) is 0 Å². The number of amidine groups is 1. The molecule has 0 aromatic carbocycles. The predicted octanol–water partition coefficient (Wildman–Crippen LogP) is 1.89. The highest BCUT2D eigenvalue weighted by molar-refractivity contribution is 7.98. The molecular weight excluding hydrogens is 156 g/mol. The maximum atomic E-state index is 4.11. The van der Waals surface area contributed by atoms with Gasteiger partial charge in [0.25, 0.3) is 0 Å². The van der Waals surface area contributed by atoms with Gasteiger partial charge in [-0.2, -0.15) is 11.8 Å². The van der Waals surface area contributed by atoms with Gasteiger partial charge >= 0.3 is 0 Å². The quantitative estimate of drug-likeness (QED) is 0.506. The molecule has 0 fully saturated rings. The molecule has 0 spiro atoms. The van der Waals surface area contributed by atoms with Gasteiger partial charge in [0.1, 0.15) is 5.84 Å². The maximum absolute atomic E-state index is 4.11. The topological polar surface area (TPSA) is 24.4 Å². The van der Waals surface area contributed by atoms with Crippen molar-refractivity contribution < 1.29 is 0 Å². The van der Waals surface area contributed by atoms with Gasteiger partial charge in [-0.05, 0) is 13.2 Å². The Balaban J connectivity index is 3.69. The number of nitrogens with zero attached hydrogens (tertiary/aromatic N) is 1. The van der Waals surface area contributed by atoms with Gasteiger partial charge in [0.2, 0.25) is 0 Å². The zero-order chi connectivity index (χ0) is 8.53. The van der Waals surface area contributed by atoms with E-state index in [-0.39, 0.29) is 0 Å². The number of thioether (sulfide) groups is 1. The van der Waals surface area contributed by atoms with Crippen molar-refractivity contribution in [2.45, 2.75) is 13.3 Å². The normalized spacial score (nSPS) is 11.3. The average Bonchev–Trinajstić information content (AvgIpc) is 2.01. The molecular formula is C8H16N2S. The molecule has 0 saturated heterocycles. The van der Waals surface area contributed by atoms with Crippen molar-refractivity contribution in [2.75, 3.05) is 18.6 Å². The molecule has 0 unspecified atom stereocenters. The van der Waals surface area contributed by atoms with Crippen LogP contribution >= 0.6 is 11.8 Å². The van der Waals surface area contributed by atoms with E-state index in [1.807, 2.05) is 11.8 Å². The number of aliphatic imine (C=N–C) groups is 1. The van der Waals surface area contributed by atoms with E-state index >= 15 is 0 Å². The molecule has 0 radical (unpaired) electrons. The highest BCUT2D eigenvalue weighted by Gasteiger charge is 1.93. The maximum Gasteiger partial charge on any atom is 0.102 e. The van der Waals surface area contributed by atoms with Crippen LogP contribution in [0.1, 0.15) is 13.3 Å². The van der Waals surface area contributed by atoms with Crippen molar-refractivity contribution >= 4 is 17.6 Å². The lowest BCUT2D eigenvalue weighted by atomic mass is 10.4. The van der Waals surface area contributed by atoms with Crippen LogP contribution in [0, 0.1) is 0 Å². The first kappa shape index (κ1) is 10.6. The highest BCUT2D eigenvalue weighted by Crippen LogP contribution is 1.96. The van der Waals surface area contributed by atoms with E-state index in [2.05, 4.69) is 30.1 Å². The lowest BCUT2D eigenvalue weighted by Crippen LogP contribution is -2.23. The van der Waals surface area contributed by atoms with Gasteiger partial charge in [-0.15, -0.1) is 0 Å². The van der Waals surface area contributed by atoms with Gasteiger partial charge in [-0.25, -0.2) is 4.99 Å². The molecule has 0 rings (SSSR count). The van der Waals surface area contributed by atoms with Gasteiger partial charge < -0.3 is 5.32 Å². The summed E-state index contributed by atoms with van der Waals surface area (Å²) >= 11 is 1.83. The van der Waals surface area contributed by atoms with Crippen molar-refractivity contribution in [2.24, 2.45) is 4.99 Å². The second-order valence-corrected chi connectivity index (χ2v) is 3.02. The van der Waals surface area contributed by atoms with Crippen LogP contribution in [0.2, 0.25) is 0 Å². The van der Waals surface area contributed by atoms with Crippen LogP contribution in [0.25, 0.3) is 0 Å². The highest BCUT2D eigenvalue weighted by atomic mass is 32.2. The molecule has 0 aliphatic rings. The van der Waals surface area contributed by atoms with Crippen LogP contribution in [0.4, 0.5) is 0 Å². The number of hydrogen-bond acceptors (Lipinski definition) is 2. The van der Waals surface area contributed by atoms with E-state index in [9.17, 15) is 0 Å². The summed E-state index contributed by atoms with van der Waals surface area (Å²) in [5, 5.41) is 3.18. The minimum absolute atomic E-state index is 0.932. The van der Waals surface area contributed by atoms with Crippen molar-refractivity contribution in [1.29, 1.82) is 0 Å². The Kier molecular flexibility index (Phi) is 7.36. The summed E-state index contributed by atoms with van der Waals surface area (Å²) in [6, 6.07) is 0. The predicted molar refractivity (Wildman–Crippen MR) is 54.3 cm³/mol. The molecule has 0 atom stereocenters. The second-order valence-electron chi connectivity index (χ2n) is 2.03. The third-order valence-electron chi connectivity index (χ3n) is 1.17. The van der Waals surface area contributed by atoms with Crippen molar-refractivity contribution in [3.63, 3.8) is 0 Å². The fourth-order valence-corrected chi connectivity index (χ4v) is 1.11. The van der Waals surface area contributed by atoms with E-state index in [0.717, 1.165) is 24.6 Å². The van der Waals surface area contributed by atoms with Gasteiger partial charge in [0.15, 0.2) is 0 Å². The Bertz CT molecular complexity index is 132. The first-order valence-electron chi connectivity index (χ1n) is 3.75. The molecule has 3 heteroatoms. The second kappa shape index (κ2) is 7.66. The minimum atomic E-state index is 0.932. The summed E-state index contributed by atoms with van der Waals surface area (Å²) in [6.45, 7) is 6.56. The van der Waals surface area contributed by atoms with E-state index in [1.165, 1.54) is 0 Å². The number of hydrogen-bond donors (Lipinski definition) is 1. The zero-order valence-corrected chi connectivity index (χ0v) is 8.08. The molecule has 0 aliphatic heterocycles. The summed E-state index contributed by atoms with van der Waals surface area (Å²) in [7, 11) is 0. The molecule has 64 valence electrons. The lowest BCUT2D eigenvalue weighted by Gasteiger charge is -2.04. The average molecular weight is 172 g/mol. The van der Waals surface area contributed by atoms with Crippen LogP contribution in [0.5, 0.6) is 0 Å². The smallest absolute Gasteiger partial charge is 0.102 e. The first-order valence-corrected chi connectivity index (χ1v) is 5.15. The third kappa shape index (κ3) is 5.98. The summed E-state index contributed by atoms with van der Waals surface area (Å²) in [4.78, 5) is 4.11. The van der Waals surface area contributed by atoms with Crippen molar-refractivity contribution in [3.8, 4) is 0 Å². The van der Waals surface area contributed by atoms with E-state index < -0.39 is 0 Å². The van der Waals surface area contributed by atoms with Gasteiger partial charge in [-0.1, -0.05) is 6.58 Å². The molecule has 0 aromatic heterocycles. The van der Waals surface area contributed by atoms with E-state index in [4.69, 9.17) is 0 Å². The Labute approximate surface area is 73.2 Å². The summed E-state index contributed by atoms with van der Waals surface area (Å²) < 4.78 is 0. The lowest BCUT2D eigenvalue weighted by molar-refractivity contribution is 0.936. The van der Waals surface area contributed by atoms with Gasteiger partial charge in [0.05, 0.1) is 0 Å². The monoisotopic (exact) mass is 172 g/mol. The summed E-state index contributed by atoms with van der Waals surface area (Å²) in [5.74, 6) is 2.15. The number of nitrogens with one attached hydrogen (secondary N) is 1. The third-order valence-corrected chi connectivity index (χ3v) is 1.78. The molecule has 0 amide bonds. The largest absolute Gasteiger partial charge is 0.374 e. The Morgan fingerprint density at radius 1 is 1.73 bits per heavy atom. The van der Waals surface area contributed by atoms with E-state index in [1.54, 1.807) is 6.20 Å². The van der Waals surface area contributed by atoms with Gasteiger partial charge in [0, 0.05) is 24.9 Å². The minimum Gasteiger partial charge on any atom is -0.374 e. The van der Waals surface area contributed by atoms with Crippen LogP contribution in [-0.2, 0) is 0 Å². The molecule has 0 heterocycles. The fourth-order valence-electron chi connectivity index (χ4n) is 0.712. The molecule has 0 bridgehead atoms. The fraction of sp³-hybridized carbons (Fsp3) is 0.625. The molecule has 11 heavy (non-hydrogen) atoms. The van der Waals surface area contributed by atoms with E-state index in [0.29, 0.717) is 0 Å². The Morgan fingerprint density at radius 3 is 2.91 bits per heavy atom. The van der Waals surface area contributed by atoms with Gasteiger partial charge in [-0.3, -0.25) is 0 Å². The Hall–Kier alpha value is -0.440. The Morgan fingerprint density at radius 2 is 2.45 bits per heavy atom. The SMILES string of the molecule is C=C/N=C(\CCSC)NCC. The van der Waals surface area contributed by atoms with Crippen LogP contribution in [-0.4, -0.2) is 24.4 Å². The van der Waals surface area contributed by atoms with Crippen LogP contribution in [0.15, 0.2) is 17.8 Å². The molecule has 0 aromatic rings. The summed E-state index contributed by atoms with van der Waals surface area (Å²) in [6.07, 6.45) is 4.68. The standard InChI is InChI=1S/C8H16N2S/c1-4-9-8(10-5-2)6-7-11-3/h4H,1,5-7H2,2-3H3,(H,9,10). The van der Waals surface area contributed by atoms with Crippen molar-refractivity contribution in [3.05, 3.63) is 12.8 Å². The van der Waals surface area contributed by atoms with Crippen LogP contribution < -0.4 is 5.32 Å². The molecule has 0 aliphatic carbocycles. The molecule has 2 nitrogen and oxygen atoms in total. The first-order chi connectivity index (χ1) is 5.35. The van der Waals surface area contributed by atoms with Crippen molar-refractivity contribution in [1.82, 2.24) is 5.32 Å². The molecule has 1 N–H and O–H groups in total. The zero-order valence-electron chi connectivity index (χ0n) is 7.26. The summed E-state index contributed by atoms with van der Waals surface area (Å²) in [5.41, 5.74) is 0. The number of rotatable bonds is 5. The molecule has 0 saturated carbocycles.